The normalized spacial score (nSPS) is 17.3. The zero-order valence-electron chi connectivity index (χ0n) is 14.4. The SMILES string of the molecule is COCCN1CC[C@H](Br)C(=O)c2cn(Cc3ccc(OC)cc3)nc21. The molecule has 1 aromatic heterocycles. The summed E-state index contributed by atoms with van der Waals surface area (Å²) in [6.45, 7) is 2.70. The fourth-order valence-corrected chi connectivity index (χ4v) is 3.36. The van der Waals surface area contributed by atoms with Crippen molar-refractivity contribution in [2.45, 2.75) is 17.8 Å². The molecule has 0 spiro atoms. The lowest BCUT2D eigenvalue weighted by atomic mass is 10.1. The second-order valence-corrected chi connectivity index (χ2v) is 7.12. The van der Waals surface area contributed by atoms with E-state index in [9.17, 15) is 4.79 Å². The van der Waals surface area contributed by atoms with Crippen molar-refractivity contribution in [2.24, 2.45) is 0 Å². The van der Waals surface area contributed by atoms with E-state index in [0.29, 0.717) is 18.7 Å². The van der Waals surface area contributed by atoms with Crippen molar-refractivity contribution in [1.29, 1.82) is 0 Å². The van der Waals surface area contributed by atoms with Crippen LogP contribution in [0.1, 0.15) is 22.3 Å². The van der Waals surface area contributed by atoms with Gasteiger partial charge in [-0.1, -0.05) is 28.1 Å². The number of ketones is 1. The lowest BCUT2D eigenvalue weighted by Gasteiger charge is -2.20. The number of nitrogens with zero attached hydrogens (tertiary/aromatic N) is 3. The van der Waals surface area contributed by atoms with Crippen molar-refractivity contribution in [2.75, 3.05) is 38.8 Å². The molecular weight excluding hydrogens is 386 g/mol. The molecule has 1 aromatic carbocycles. The van der Waals surface area contributed by atoms with Crippen LogP contribution in [0.5, 0.6) is 5.75 Å². The average Bonchev–Trinajstić information content (AvgIpc) is 3.00. The van der Waals surface area contributed by atoms with Gasteiger partial charge in [0.1, 0.15) is 5.75 Å². The third-order valence-corrected chi connectivity index (χ3v) is 5.19. The standard InChI is InChI=1S/C18H22BrN3O3/c1-24-10-9-21-8-7-16(19)17(23)15-12-22(20-18(15)21)11-13-3-5-14(25-2)6-4-13/h3-6,12,16H,7-11H2,1-2H3/t16-/m0/s1. The van der Waals surface area contributed by atoms with Crippen molar-refractivity contribution in [3.05, 3.63) is 41.6 Å². The Kier molecular flexibility index (Phi) is 5.75. The summed E-state index contributed by atoms with van der Waals surface area (Å²) < 4.78 is 12.2. The third kappa shape index (κ3) is 4.04. The summed E-state index contributed by atoms with van der Waals surface area (Å²) in [6.07, 6.45) is 2.61. The van der Waals surface area contributed by atoms with E-state index in [1.807, 2.05) is 35.1 Å². The third-order valence-electron chi connectivity index (χ3n) is 4.31. The first-order valence-corrected chi connectivity index (χ1v) is 9.16. The Morgan fingerprint density at radius 2 is 2.04 bits per heavy atom. The summed E-state index contributed by atoms with van der Waals surface area (Å²) in [7, 11) is 3.33. The molecule has 0 amide bonds. The van der Waals surface area contributed by atoms with Crippen LogP contribution >= 0.6 is 15.9 Å². The van der Waals surface area contributed by atoms with Crippen molar-refractivity contribution in [3.8, 4) is 5.75 Å². The fraction of sp³-hybridized carbons (Fsp3) is 0.444. The van der Waals surface area contributed by atoms with E-state index in [2.05, 4.69) is 25.9 Å². The second kappa shape index (κ2) is 8.01. The van der Waals surface area contributed by atoms with Gasteiger partial charge in [0.15, 0.2) is 11.6 Å². The first-order valence-electron chi connectivity index (χ1n) is 8.25. The highest BCUT2D eigenvalue weighted by Crippen LogP contribution is 2.28. The molecule has 0 N–H and O–H groups in total. The summed E-state index contributed by atoms with van der Waals surface area (Å²) in [6, 6.07) is 7.86. The lowest BCUT2D eigenvalue weighted by molar-refractivity contribution is 0.0992. The Hall–Kier alpha value is -1.86. The van der Waals surface area contributed by atoms with E-state index >= 15 is 0 Å². The van der Waals surface area contributed by atoms with Gasteiger partial charge in [0.05, 0.1) is 30.7 Å². The molecule has 2 heterocycles. The van der Waals surface area contributed by atoms with E-state index in [1.165, 1.54) is 0 Å². The highest BCUT2D eigenvalue weighted by molar-refractivity contribution is 9.10. The van der Waals surface area contributed by atoms with Crippen molar-refractivity contribution >= 4 is 27.5 Å². The maximum Gasteiger partial charge on any atom is 0.181 e. The molecule has 1 aliphatic heterocycles. The van der Waals surface area contributed by atoms with Gasteiger partial charge in [0, 0.05) is 26.4 Å². The fourth-order valence-electron chi connectivity index (χ4n) is 2.91. The molecule has 134 valence electrons. The van der Waals surface area contributed by atoms with Gasteiger partial charge >= 0.3 is 0 Å². The van der Waals surface area contributed by atoms with Crippen LogP contribution in [0.15, 0.2) is 30.5 Å². The molecule has 25 heavy (non-hydrogen) atoms. The van der Waals surface area contributed by atoms with Gasteiger partial charge < -0.3 is 14.4 Å². The molecule has 0 saturated carbocycles. The zero-order valence-corrected chi connectivity index (χ0v) is 16.0. The van der Waals surface area contributed by atoms with Crippen LogP contribution in [0.2, 0.25) is 0 Å². The summed E-state index contributed by atoms with van der Waals surface area (Å²) in [5.74, 6) is 1.66. The number of alkyl halides is 1. The number of methoxy groups -OCH3 is 2. The number of halogens is 1. The summed E-state index contributed by atoms with van der Waals surface area (Å²) in [4.78, 5) is 14.6. The molecule has 3 rings (SSSR count). The maximum atomic E-state index is 12.6. The van der Waals surface area contributed by atoms with Crippen molar-refractivity contribution in [1.82, 2.24) is 9.78 Å². The Labute approximate surface area is 155 Å². The predicted octanol–water partition coefficient (Wildman–Crippen LogP) is 2.74. The average molecular weight is 408 g/mol. The number of fused-ring (bicyclic) bond motifs is 1. The molecule has 7 heteroatoms. The molecule has 6 nitrogen and oxygen atoms in total. The molecule has 2 aromatic rings. The van der Waals surface area contributed by atoms with Crippen LogP contribution < -0.4 is 9.64 Å². The van der Waals surface area contributed by atoms with Gasteiger partial charge in [-0.3, -0.25) is 9.48 Å². The number of benzene rings is 1. The van der Waals surface area contributed by atoms with E-state index in [4.69, 9.17) is 9.47 Å². The topological polar surface area (TPSA) is 56.6 Å². The van der Waals surface area contributed by atoms with E-state index < -0.39 is 0 Å². The highest BCUT2D eigenvalue weighted by atomic mass is 79.9. The Morgan fingerprint density at radius 3 is 2.72 bits per heavy atom. The Balaban J connectivity index is 1.86. The highest BCUT2D eigenvalue weighted by Gasteiger charge is 2.30. The molecule has 0 aliphatic carbocycles. The number of rotatable bonds is 6. The van der Waals surface area contributed by atoms with Crippen LogP contribution in [0.25, 0.3) is 0 Å². The quantitative estimate of drug-likeness (QED) is 0.689. The van der Waals surface area contributed by atoms with Crippen molar-refractivity contribution in [3.63, 3.8) is 0 Å². The predicted molar refractivity (Wildman–Crippen MR) is 100 cm³/mol. The summed E-state index contributed by atoms with van der Waals surface area (Å²) in [5, 5.41) is 4.68. The molecule has 0 radical (unpaired) electrons. The minimum Gasteiger partial charge on any atom is -0.497 e. The van der Waals surface area contributed by atoms with Crippen LogP contribution in [0, 0.1) is 0 Å². The number of Topliss-reactive ketones (excluding diaryl/α,β-unsaturated/α-hetero) is 1. The zero-order chi connectivity index (χ0) is 17.8. The number of hydrogen-bond donors (Lipinski definition) is 0. The number of carbonyl (C=O) groups excluding carboxylic acids is 1. The Morgan fingerprint density at radius 1 is 1.28 bits per heavy atom. The maximum absolute atomic E-state index is 12.6. The molecule has 1 atom stereocenters. The van der Waals surface area contributed by atoms with Gasteiger partial charge in [0.25, 0.3) is 0 Å². The minimum atomic E-state index is -0.169. The molecule has 0 fully saturated rings. The number of aromatic nitrogens is 2. The number of carbonyl (C=O) groups is 1. The lowest BCUT2D eigenvalue weighted by Crippen LogP contribution is -2.29. The second-order valence-electron chi connectivity index (χ2n) is 6.01. The monoisotopic (exact) mass is 407 g/mol. The summed E-state index contributed by atoms with van der Waals surface area (Å²) >= 11 is 3.50. The van der Waals surface area contributed by atoms with Gasteiger partial charge in [0.2, 0.25) is 0 Å². The number of anilines is 1. The summed E-state index contributed by atoms with van der Waals surface area (Å²) in [5.41, 5.74) is 1.77. The smallest absolute Gasteiger partial charge is 0.181 e. The minimum absolute atomic E-state index is 0.0934. The van der Waals surface area contributed by atoms with E-state index in [0.717, 1.165) is 36.6 Å². The first kappa shape index (κ1) is 17.9. The van der Waals surface area contributed by atoms with Crippen LogP contribution in [-0.4, -0.2) is 54.3 Å². The largest absolute Gasteiger partial charge is 0.497 e. The van der Waals surface area contributed by atoms with Gasteiger partial charge in [-0.05, 0) is 24.1 Å². The van der Waals surface area contributed by atoms with Gasteiger partial charge in [-0.2, -0.15) is 5.10 Å². The molecule has 1 aliphatic rings. The van der Waals surface area contributed by atoms with E-state index in [1.54, 1.807) is 14.2 Å². The van der Waals surface area contributed by atoms with Crippen LogP contribution in [-0.2, 0) is 11.3 Å². The van der Waals surface area contributed by atoms with Gasteiger partial charge in [-0.15, -0.1) is 0 Å². The van der Waals surface area contributed by atoms with E-state index in [-0.39, 0.29) is 10.6 Å². The molecular formula is C18H22BrN3O3. The van der Waals surface area contributed by atoms with Gasteiger partial charge in [-0.25, -0.2) is 0 Å². The van der Waals surface area contributed by atoms with Crippen LogP contribution in [0.4, 0.5) is 5.82 Å². The molecule has 0 bridgehead atoms. The molecule has 0 saturated heterocycles. The first-order chi connectivity index (χ1) is 12.1. The molecule has 0 unspecified atom stereocenters. The Bertz CT molecular complexity index is 730. The number of hydrogen-bond acceptors (Lipinski definition) is 5. The number of ether oxygens (including phenoxy) is 2. The van der Waals surface area contributed by atoms with Crippen LogP contribution in [0.3, 0.4) is 0 Å². The van der Waals surface area contributed by atoms with Crippen molar-refractivity contribution < 1.29 is 14.3 Å².